The molecule has 2 N–H and O–H groups in total. The van der Waals surface area contributed by atoms with Crippen molar-refractivity contribution in [3.63, 3.8) is 0 Å². The monoisotopic (exact) mass is 333 g/mol. The summed E-state index contributed by atoms with van der Waals surface area (Å²) in [6.45, 7) is 4.57. The highest BCUT2D eigenvalue weighted by atomic mass is 16.3. The highest BCUT2D eigenvalue weighted by Gasteiger charge is 2.55. The number of hydrogen-bond donors (Lipinski definition) is 2. The zero-order valence-electron chi connectivity index (χ0n) is 14.0. The van der Waals surface area contributed by atoms with Gasteiger partial charge in [0.25, 0.3) is 5.91 Å². The third-order valence-corrected chi connectivity index (χ3v) is 5.14. The van der Waals surface area contributed by atoms with Crippen molar-refractivity contribution in [3.8, 4) is 0 Å². The predicted octanol–water partition coefficient (Wildman–Crippen LogP) is 0.915. The number of nitrogens with zero attached hydrogens (tertiary/aromatic N) is 1. The van der Waals surface area contributed by atoms with Crippen LogP contribution in [0.25, 0.3) is 0 Å². The Balaban J connectivity index is 1.48. The summed E-state index contributed by atoms with van der Waals surface area (Å²) in [5.74, 6) is -0.379. The molecule has 2 heterocycles. The first-order valence-corrected chi connectivity index (χ1v) is 8.30. The zero-order valence-corrected chi connectivity index (χ0v) is 14.0. The smallest absolute Gasteiger partial charge is 0.255 e. The van der Waals surface area contributed by atoms with Crippen LogP contribution in [0.3, 0.4) is 0 Å². The average Bonchev–Trinajstić information content (AvgIpc) is 2.98. The maximum Gasteiger partial charge on any atom is 0.255 e. The molecule has 1 aromatic rings. The minimum absolute atomic E-state index is 0.00552. The molecule has 2 atom stereocenters. The fraction of sp³-hybridized carbons (Fsp3) is 0.588. The number of hydrogen-bond acceptors (Lipinski definition) is 4. The van der Waals surface area contributed by atoms with Crippen LogP contribution in [0.5, 0.6) is 0 Å². The van der Waals surface area contributed by atoms with Gasteiger partial charge in [0.1, 0.15) is 12.3 Å². The van der Waals surface area contributed by atoms with Crippen molar-refractivity contribution in [2.45, 2.75) is 45.2 Å². The van der Waals surface area contributed by atoms with Crippen LogP contribution in [0.15, 0.2) is 23.0 Å². The summed E-state index contributed by atoms with van der Waals surface area (Å²) in [5.41, 5.74) is 0.578. The number of furan rings is 1. The van der Waals surface area contributed by atoms with Gasteiger partial charge in [0.2, 0.25) is 11.8 Å². The molecule has 1 spiro atoms. The maximum atomic E-state index is 12.5. The lowest BCUT2D eigenvalue weighted by atomic mass is 9.92. The molecule has 7 heteroatoms. The van der Waals surface area contributed by atoms with Gasteiger partial charge in [-0.3, -0.25) is 14.4 Å². The largest absolute Gasteiger partial charge is 0.472 e. The quantitative estimate of drug-likeness (QED) is 0.857. The Morgan fingerprint density at radius 2 is 2.04 bits per heavy atom. The summed E-state index contributed by atoms with van der Waals surface area (Å²) in [6, 6.07) is 1.24. The summed E-state index contributed by atoms with van der Waals surface area (Å²) in [4.78, 5) is 37.5. The fourth-order valence-electron chi connectivity index (χ4n) is 3.53. The molecule has 7 nitrogen and oxygen atoms in total. The summed E-state index contributed by atoms with van der Waals surface area (Å²) in [7, 11) is 0. The molecule has 130 valence electrons. The Labute approximate surface area is 140 Å². The van der Waals surface area contributed by atoms with E-state index in [1.54, 1.807) is 17.9 Å². The number of nitrogens with one attached hydrogen (secondary N) is 2. The first kappa shape index (κ1) is 16.5. The first-order valence-electron chi connectivity index (χ1n) is 8.30. The van der Waals surface area contributed by atoms with E-state index in [0.717, 1.165) is 19.3 Å². The van der Waals surface area contributed by atoms with Gasteiger partial charge in [-0.15, -0.1) is 0 Å². The second-order valence-corrected chi connectivity index (χ2v) is 6.85. The van der Waals surface area contributed by atoms with Crippen LogP contribution >= 0.6 is 0 Å². The van der Waals surface area contributed by atoms with Gasteiger partial charge in [0.05, 0.1) is 11.8 Å². The molecule has 24 heavy (non-hydrogen) atoms. The van der Waals surface area contributed by atoms with E-state index in [2.05, 4.69) is 10.6 Å². The minimum Gasteiger partial charge on any atom is -0.472 e. The Morgan fingerprint density at radius 3 is 2.62 bits per heavy atom. The molecule has 1 saturated carbocycles. The van der Waals surface area contributed by atoms with Crippen molar-refractivity contribution in [1.29, 1.82) is 0 Å². The van der Waals surface area contributed by atoms with Crippen molar-refractivity contribution in [2.75, 3.05) is 13.1 Å². The van der Waals surface area contributed by atoms with Crippen LogP contribution in [-0.2, 0) is 9.59 Å². The molecule has 1 aliphatic carbocycles. The van der Waals surface area contributed by atoms with E-state index in [1.165, 1.54) is 19.5 Å². The van der Waals surface area contributed by atoms with E-state index in [0.29, 0.717) is 18.7 Å². The van der Waals surface area contributed by atoms with Crippen LogP contribution in [0, 0.1) is 5.41 Å². The van der Waals surface area contributed by atoms with E-state index in [4.69, 9.17) is 4.42 Å². The molecule has 2 unspecified atom stereocenters. The van der Waals surface area contributed by atoms with E-state index < -0.39 is 6.04 Å². The molecule has 3 amide bonds. The number of carbonyl (C=O) groups excluding carboxylic acids is 3. The van der Waals surface area contributed by atoms with Crippen molar-refractivity contribution in [3.05, 3.63) is 24.2 Å². The third kappa shape index (κ3) is 3.29. The summed E-state index contributed by atoms with van der Waals surface area (Å²) in [5, 5.41) is 5.68. The normalized spacial score (nSPS) is 22.8. The molecule has 3 rings (SSSR count). The lowest BCUT2D eigenvalue weighted by Crippen LogP contribution is -2.50. The molecule has 1 saturated heterocycles. The van der Waals surface area contributed by atoms with Gasteiger partial charge in [-0.25, -0.2) is 0 Å². The lowest BCUT2D eigenvalue weighted by Gasteiger charge is -2.34. The molecule has 0 bridgehead atoms. The standard InChI is InChI=1S/C17H23N3O4/c1-11(18-15(22)13-3-8-24-10-13)16(23)20-6-4-17(5-7-20)9-14(17)19-12(2)21/h3,8,10-11,14H,4-7,9H2,1-2H3,(H,18,22)(H,19,21). The van der Waals surface area contributed by atoms with E-state index in [9.17, 15) is 14.4 Å². The zero-order chi connectivity index (χ0) is 17.3. The van der Waals surface area contributed by atoms with Crippen molar-refractivity contribution in [2.24, 2.45) is 5.41 Å². The Kier molecular flexibility index (Phi) is 4.34. The van der Waals surface area contributed by atoms with Crippen molar-refractivity contribution >= 4 is 17.7 Å². The molecule has 0 radical (unpaired) electrons. The van der Waals surface area contributed by atoms with Crippen LogP contribution in [0.4, 0.5) is 0 Å². The number of piperidine rings is 1. The second kappa shape index (κ2) is 6.30. The highest BCUT2D eigenvalue weighted by molar-refractivity contribution is 5.97. The van der Waals surface area contributed by atoms with Crippen LogP contribution in [-0.4, -0.2) is 47.8 Å². The van der Waals surface area contributed by atoms with Gasteiger partial charge in [0, 0.05) is 26.1 Å². The van der Waals surface area contributed by atoms with Gasteiger partial charge in [-0.05, 0) is 37.7 Å². The second-order valence-electron chi connectivity index (χ2n) is 6.85. The molecular weight excluding hydrogens is 310 g/mol. The summed E-state index contributed by atoms with van der Waals surface area (Å²) < 4.78 is 4.88. The van der Waals surface area contributed by atoms with Crippen molar-refractivity contribution in [1.82, 2.24) is 15.5 Å². The van der Waals surface area contributed by atoms with E-state index >= 15 is 0 Å². The number of rotatable bonds is 4. The molecule has 2 fully saturated rings. The number of carbonyl (C=O) groups is 3. The van der Waals surface area contributed by atoms with Crippen LogP contribution < -0.4 is 10.6 Å². The SMILES string of the molecule is CC(=O)NC1CC12CCN(C(=O)C(C)NC(=O)c1ccoc1)CC2. The molecule has 1 aromatic heterocycles. The predicted molar refractivity (Wildman–Crippen MR) is 86.1 cm³/mol. The fourth-order valence-corrected chi connectivity index (χ4v) is 3.53. The van der Waals surface area contributed by atoms with Gasteiger partial charge in [-0.1, -0.05) is 0 Å². The van der Waals surface area contributed by atoms with E-state index in [-0.39, 0.29) is 29.2 Å². The van der Waals surface area contributed by atoms with E-state index in [1.807, 2.05) is 0 Å². The molecule has 2 aliphatic rings. The third-order valence-electron chi connectivity index (χ3n) is 5.14. The Morgan fingerprint density at radius 1 is 1.33 bits per heavy atom. The molecule has 0 aromatic carbocycles. The van der Waals surface area contributed by atoms with Gasteiger partial charge >= 0.3 is 0 Å². The van der Waals surface area contributed by atoms with Gasteiger partial charge in [0.15, 0.2) is 0 Å². The van der Waals surface area contributed by atoms with Crippen LogP contribution in [0.2, 0.25) is 0 Å². The highest BCUT2D eigenvalue weighted by Crippen LogP contribution is 2.53. The molecule has 1 aliphatic heterocycles. The van der Waals surface area contributed by atoms with Crippen LogP contribution in [0.1, 0.15) is 43.5 Å². The van der Waals surface area contributed by atoms with Gasteiger partial charge in [-0.2, -0.15) is 0 Å². The first-order chi connectivity index (χ1) is 11.4. The Hall–Kier alpha value is -2.31. The topological polar surface area (TPSA) is 91.7 Å². The minimum atomic E-state index is -0.577. The maximum absolute atomic E-state index is 12.5. The van der Waals surface area contributed by atoms with Crippen molar-refractivity contribution < 1.29 is 18.8 Å². The Bertz CT molecular complexity index is 632. The number of likely N-dealkylation sites (tertiary alicyclic amines) is 1. The number of amides is 3. The lowest BCUT2D eigenvalue weighted by molar-refractivity contribution is -0.134. The average molecular weight is 333 g/mol. The summed E-state index contributed by atoms with van der Waals surface area (Å²) >= 11 is 0. The summed E-state index contributed by atoms with van der Waals surface area (Å²) in [6.07, 6.45) is 5.57. The van der Waals surface area contributed by atoms with Gasteiger partial charge < -0.3 is 20.0 Å². The molecular formula is C17H23N3O4.